The number of ether oxygens (including phenoxy) is 1. The standard InChI is InChI=1S/C26H28F2O3S/c1-2-26(27,28)25-23(20-10-6-4-7-11-20)17-22(32-25)18-31-21-15-13-19(14-16-21)9-5-3-8-12-24(29)30/h4,6-7,10-11,13-17H,2-3,5,8-9,12,18H2,1H3,(H,29,30). The largest absolute Gasteiger partial charge is 0.488 e. The van der Waals surface area contributed by atoms with Crippen LogP contribution >= 0.6 is 11.3 Å². The predicted octanol–water partition coefficient (Wildman–Crippen LogP) is 7.68. The minimum Gasteiger partial charge on any atom is -0.488 e. The summed E-state index contributed by atoms with van der Waals surface area (Å²) in [5.74, 6) is -2.93. The van der Waals surface area contributed by atoms with Crippen LogP contribution in [-0.4, -0.2) is 11.1 Å². The van der Waals surface area contributed by atoms with Gasteiger partial charge in [0.1, 0.15) is 12.4 Å². The van der Waals surface area contributed by atoms with Gasteiger partial charge in [0, 0.05) is 23.3 Å². The number of aliphatic carboxylic acids is 1. The molecule has 2 aromatic carbocycles. The maximum atomic E-state index is 14.6. The molecule has 0 saturated heterocycles. The van der Waals surface area contributed by atoms with Crippen LogP contribution < -0.4 is 4.74 Å². The van der Waals surface area contributed by atoms with Crippen LogP contribution in [0.5, 0.6) is 5.75 Å². The third-order valence-corrected chi connectivity index (χ3v) is 6.53. The fraction of sp³-hybridized carbons (Fsp3) is 0.346. The quantitative estimate of drug-likeness (QED) is 0.283. The second-order valence-corrected chi connectivity index (χ2v) is 8.90. The number of carboxylic acid groups (broad SMARTS) is 1. The summed E-state index contributed by atoms with van der Waals surface area (Å²) in [4.78, 5) is 11.4. The van der Waals surface area contributed by atoms with E-state index in [0.29, 0.717) is 17.7 Å². The Labute approximate surface area is 191 Å². The van der Waals surface area contributed by atoms with Crippen LogP contribution in [0.2, 0.25) is 0 Å². The molecule has 3 nitrogen and oxygen atoms in total. The Balaban J connectivity index is 1.61. The number of alkyl halides is 2. The summed E-state index contributed by atoms with van der Waals surface area (Å²) in [6, 6.07) is 18.8. The number of thiophene rings is 1. The normalized spacial score (nSPS) is 11.5. The predicted molar refractivity (Wildman–Crippen MR) is 125 cm³/mol. The molecule has 0 aliphatic heterocycles. The molecule has 0 spiro atoms. The Morgan fingerprint density at radius 3 is 2.41 bits per heavy atom. The first-order valence-electron chi connectivity index (χ1n) is 10.9. The van der Waals surface area contributed by atoms with Gasteiger partial charge in [0.05, 0.1) is 4.88 Å². The lowest BCUT2D eigenvalue weighted by atomic mass is 10.0. The second-order valence-electron chi connectivity index (χ2n) is 7.77. The van der Waals surface area contributed by atoms with Crippen molar-refractivity contribution in [3.8, 4) is 16.9 Å². The number of rotatable bonds is 12. The molecule has 32 heavy (non-hydrogen) atoms. The first-order valence-corrected chi connectivity index (χ1v) is 11.7. The molecule has 0 unspecified atom stereocenters. The van der Waals surface area contributed by atoms with Gasteiger partial charge in [0.2, 0.25) is 0 Å². The van der Waals surface area contributed by atoms with Gasteiger partial charge in [-0.3, -0.25) is 4.79 Å². The molecule has 1 N–H and O–H groups in total. The molecule has 0 atom stereocenters. The zero-order chi connectivity index (χ0) is 23.0. The van der Waals surface area contributed by atoms with Gasteiger partial charge in [-0.25, -0.2) is 8.78 Å². The van der Waals surface area contributed by atoms with E-state index >= 15 is 0 Å². The van der Waals surface area contributed by atoms with Gasteiger partial charge in [-0.2, -0.15) is 0 Å². The molecule has 0 aliphatic rings. The second kappa shape index (κ2) is 11.2. The van der Waals surface area contributed by atoms with Crippen molar-refractivity contribution in [1.29, 1.82) is 0 Å². The van der Waals surface area contributed by atoms with Crippen molar-refractivity contribution in [3.63, 3.8) is 0 Å². The van der Waals surface area contributed by atoms with Gasteiger partial charge < -0.3 is 9.84 Å². The first-order chi connectivity index (χ1) is 15.4. The summed E-state index contributed by atoms with van der Waals surface area (Å²) in [6.07, 6.45) is 3.39. The van der Waals surface area contributed by atoms with Crippen LogP contribution in [0.3, 0.4) is 0 Å². The molecule has 6 heteroatoms. The van der Waals surface area contributed by atoms with Crippen LogP contribution in [0.25, 0.3) is 11.1 Å². The van der Waals surface area contributed by atoms with Crippen LogP contribution in [0, 0.1) is 0 Å². The summed E-state index contributed by atoms with van der Waals surface area (Å²) in [7, 11) is 0. The van der Waals surface area contributed by atoms with Crippen molar-refractivity contribution in [1.82, 2.24) is 0 Å². The van der Waals surface area contributed by atoms with Gasteiger partial charge in [-0.1, -0.05) is 55.8 Å². The molecule has 0 amide bonds. The summed E-state index contributed by atoms with van der Waals surface area (Å²) < 4.78 is 35.0. The van der Waals surface area contributed by atoms with Crippen LogP contribution in [0.15, 0.2) is 60.7 Å². The average molecular weight is 459 g/mol. The van der Waals surface area contributed by atoms with Gasteiger partial charge in [0.15, 0.2) is 0 Å². The van der Waals surface area contributed by atoms with Crippen molar-refractivity contribution in [3.05, 3.63) is 76.0 Å². The smallest absolute Gasteiger partial charge is 0.303 e. The fourth-order valence-electron chi connectivity index (χ4n) is 3.47. The number of aryl methyl sites for hydroxylation is 1. The molecule has 3 rings (SSSR count). The van der Waals surface area contributed by atoms with Crippen LogP contribution in [-0.2, 0) is 23.7 Å². The Bertz CT molecular complexity index is 998. The lowest BCUT2D eigenvalue weighted by Gasteiger charge is -2.14. The summed E-state index contributed by atoms with van der Waals surface area (Å²) in [5, 5.41) is 8.67. The summed E-state index contributed by atoms with van der Waals surface area (Å²) >= 11 is 1.11. The minimum atomic E-state index is -2.87. The number of halogens is 2. The van der Waals surface area contributed by atoms with E-state index in [1.807, 2.05) is 60.7 Å². The van der Waals surface area contributed by atoms with Crippen molar-refractivity contribution >= 4 is 17.3 Å². The third kappa shape index (κ3) is 6.63. The van der Waals surface area contributed by atoms with E-state index < -0.39 is 11.9 Å². The number of benzene rings is 2. The highest BCUT2D eigenvalue weighted by Crippen LogP contribution is 2.43. The fourth-order valence-corrected chi connectivity index (χ4v) is 4.60. The van der Waals surface area contributed by atoms with Gasteiger partial charge in [-0.15, -0.1) is 11.3 Å². The van der Waals surface area contributed by atoms with Gasteiger partial charge >= 0.3 is 5.97 Å². The van der Waals surface area contributed by atoms with Crippen LogP contribution in [0.4, 0.5) is 8.78 Å². The van der Waals surface area contributed by atoms with E-state index in [1.54, 1.807) is 0 Å². The first kappa shape index (κ1) is 23.9. The number of carboxylic acids is 1. The van der Waals surface area contributed by atoms with E-state index in [-0.39, 0.29) is 24.3 Å². The lowest BCUT2D eigenvalue weighted by Crippen LogP contribution is -2.10. The number of carbonyl (C=O) groups is 1. The zero-order valence-electron chi connectivity index (χ0n) is 18.2. The SMILES string of the molecule is CCC(F)(F)c1sc(COc2ccc(CCCCCC(=O)O)cc2)cc1-c1ccccc1. The molecule has 3 aromatic rings. The molecule has 0 aliphatic carbocycles. The minimum absolute atomic E-state index is 0.0862. The van der Waals surface area contributed by atoms with Crippen molar-refractivity contribution in [2.75, 3.05) is 0 Å². The summed E-state index contributed by atoms with van der Waals surface area (Å²) in [6.45, 7) is 1.73. The van der Waals surface area contributed by atoms with Crippen molar-refractivity contribution < 1.29 is 23.4 Å². The Morgan fingerprint density at radius 2 is 1.75 bits per heavy atom. The van der Waals surface area contributed by atoms with E-state index in [1.165, 1.54) is 12.5 Å². The lowest BCUT2D eigenvalue weighted by molar-refractivity contribution is -0.137. The average Bonchev–Trinajstić information content (AvgIpc) is 3.24. The maximum absolute atomic E-state index is 14.6. The maximum Gasteiger partial charge on any atom is 0.303 e. The van der Waals surface area contributed by atoms with Crippen LogP contribution in [0.1, 0.15) is 54.3 Å². The van der Waals surface area contributed by atoms with Gasteiger partial charge in [0.25, 0.3) is 5.92 Å². The van der Waals surface area contributed by atoms with E-state index in [9.17, 15) is 13.6 Å². The number of unbranched alkanes of at least 4 members (excludes halogenated alkanes) is 2. The molecule has 1 heterocycles. The highest BCUT2D eigenvalue weighted by atomic mass is 32.1. The van der Waals surface area contributed by atoms with E-state index in [2.05, 4.69) is 0 Å². The van der Waals surface area contributed by atoms with Crippen molar-refractivity contribution in [2.24, 2.45) is 0 Å². The highest BCUT2D eigenvalue weighted by molar-refractivity contribution is 7.12. The topological polar surface area (TPSA) is 46.5 Å². The van der Waals surface area contributed by atoms with E-state index in [0.717, 1.165) is 41.0 Å². The zero-order valence-corrected chi connectivity index (χ0v) is 19.0. The molecule has 0 saturated carbocycles. The highest BCUT2D eigenvalue weighted by Gasteiger charge is 2.34. The summed E-state index contributed by atoms with van der Waals surface area (Å²) in [5.41, 5.74) is 2.52. The Kier molecular flexibility index (Phi) is 8.39. The Morgan fingerprint density at radius 1 is 1.03 bits per heavy atom. The number of hydrogen-bond donors (Lipinski definition) is 1. The van der Waals surface area contributed by atoms with Gasteiger partial charge in [-0.05, 0) is 48.6 Å². The molecule has 1 aromatic heterocycles. The van der Waals surface area contributed by atoms with Crippen molar-refractivity contribution in [2.45, 2.75) is 58.0 Å². The molecule has 0 fully saturated rings. The third-order valence-electron chi connectivity index (χ3n) is 5.30. The molecular formula is C26H28F2O3S. The molecule has 170 valence electrons. The molecule has 0 radical (unpaired) electrons. The number of hydrogen-bond acceptors (Lipinski definition) is 3. The molecular weight excluding hydrogens is 430 g/mol. The van der Waals surface area contributed by atoms with E-state index in [4.69, 9.17) is 9.84 Å². The monoisotopic (exact) mass is 458 g/mol. The Hall–Kier alpha value is -2.73. The molecule has 0 bridgehead atoms.